The molecule has 0 bridgehead atoms. The zero-order valence-corrected chi connectivity index (χ0v) is 10.2. The monoisotopic (exact) mass is 308 g/mol. The van der Waals surface area contributed by atoms with E-state index in [9.17, 15) is 4.79 Å². The highest BCUT2D eigenvalue weighted by Crippen LogP contribution is 1.96. The summed E-state index contributed by atoms with van der Waals surface area (Å²) in [4.78, 5) is 11.4. The van der Waals surface area contributed by atoms with E-state index < -0.39 is 0 Å². The van der Waals surface area contributed by atoms with Crippen LogP contribution in [-0.2, 0) is 11.3 Å². The van der Waals surface area contributed by atoms with Crippen LogP contribution >= 0.6 is 22.6 Å². The number of aromatic nitrogens is 2. The van der Waals surface area contributed by atoms with Crippen LogP contribution in [0.2, 0.25) is 0 Å². The third-order valence-electron chi connectivity index (χ3n) is 1.70. The van der Waals surface area contributed by atoms with Crippen LogP contribution in [0.15, 0.2) is 17.1 Å². The number of halogens is 1. The molecule has 0 aromatic carbocycles. The largest absolute Gasteiger partial charge is 0.382 e. The normalized spacial score (nSPS) is 10.4. The topological polar surface area (TPSA) is 44.1 Å². The Morgan fingerprint density at radius 2 is 2.43 bits per heavy atom. The van der Waals surface area contributed by atoms with Crippen LogP contribution in [0, 0.1) is 3.57 Å². The van der Waals surface area contributed by atoms with E-state index in [1.807, 2.05) is 6.92 Å². The summed E-state index contributed by atoms with van der Waals surface area (Å²) in [5.74, 6) is 0. The molecule has 0 fully saturated rings. The fourth-order valence-electron chi connectivity index (χ4n) is 1.04. The minimum absolute atomic E-state index is 0.0478. The van der Waals surface area contributed by atoms with E-state index in [-0.39, 0.29) is 5.56 Å². The molecule has 1 rings (SSSR count). The molecule has 0 aliphatic carbocycles. The summed E-state index contributed by atoms with van der Waals surface area (Å²) < 4.78 is 7.50. The van der Waals surface area contributed by atoms with E-state index in [1.54, 1.807) is 12.3 Å². The van der Waals surface area contributed by atoms with Gasteiger partial charge in [-0.05, 0) is 35.9 Å². The number of ether oxygens (including phenoxy) is 1. The molecule has 0 unspecified atom stereocenters. The second-order valence-electron chi connectivity index (χ2n) is 2.79. The van der Waals surface area contributed by atoms with Gasteiger partial charge >= 0.3 is 0 Å². The Bertz CT molecular complexity index is 338. The van der Waals surface area contributed by atoms with Crippen LogP contribution in [0.5, 0.6) is 0 Å². The molecule has 0 aliphatic heterocycles. The molecule has 0 radical (unpaired) electrons. The maximum atomic E-state index is 11.4. The zero-order chi connectivity index (χ0) is 10.4. The van der Waals surface area contributed by atoms with Crippen molar-refractivity contribution in [2.24, 2.45) is 0 Å². The average Bonchev–Trinajstić information content (AvgIpc) is 2.15. The lowest BCUT2D eigenvalue weighted by molar-refractivity contribution is 0.140. The van der Waals surface area contributed by atoms with Gasteiger partial charge < -0.3 is 4.74 Å². The Kier molecular flexibility index (Phi) is 5.10. The predicted octanol–water partition coefficient (Wildman–Crippen LogP) is 1.27. The molecule has 1 aromatic heterocycles. The van der Waals surface area contributed by atoms with Gasteiger partial charge in [0.1, 0.15) is 0 Å². The lowest BCUT2D eigenvalue weighted by atomic mass is 10.4. The second kappa shape index (κ2) is 6.13. The summed E-state index contributed by atoms with van der Waals surface area (Å²) in [5.41, 5.74) is -0.0478. The van der Waals surface area contributed by atoms with E-state index in [0.29, 0.717) is 13.2 Å². The van der Waals surface area contributed by atoms with Crippen LogP contribution in [0.25, 0.3) is 0 Å². The molecule has 0 spiro atoms. The van der Waals surface area contributed by atoms with Crippen LogP contribution in [-0.4, -0.2) is 23.0 Å². The van der Waals surface area contributed by atoms with Gasteiger partial charge in [-0.2, -0.15) is 5.10 Å². The quantitative estimate of drug-likeness (QED) is 0.608. The molecular formula is C9H13IN2O2. The highest BCUT2D eigenvalue weighted by molar-refractivity contribution is 14.1. The molecule has 0 saturated heterocycles. The minimum Gasteiger partial charge on any atom is -0.382 e. The fraction of sp³-hybridized carbons (Fsp3) is 0.556. The minimum atomic E-state index is -0.0478. The first kappa shape index (κ1) is 11.6. The highest BCUT2D eigenvalue weighted by atomic mass is 127. The standard InChI is InChI=1S/C9H13IN2O2/c1-2-14-5-3-4-12-9(13)6-8(10)7-11-12/h6-7H,2-5H2,1H3. The smallest absolute Gasteiger partial charge is 0.267 e. The lowest BCUT2D eigenvalue weighted by Crippen LogP contribution is -2.22. The van der Waals surface area contributed by atoms with Crippen LogP contribution < -0.4 is 5.56 Å². The van der Waals surface area contributed by atoms with Crippen LogP contribution in [0.1, 0.15) is 13.3 Å². The van der Waals surface area contributed by atoms with Crippen molar-refractivity contribution in [1.29, 1.82) is 0 Å². The summed E-state index contributed by atoms with van der Waals surface area (Å²) in [6, 6.07) is 1.58. The zero-order valence-electron chi connectivity index (χ0n) is 8.07. The van der Waals surface area contributed by atoms with Gasteiger partial charge in [-0.25, -0.2) is 4.68 Å². The van der Waals surface area contributed by atoms with Crippen molar-refractivity contribution >= 4 is 22.6 Å². The summed E-state index contributed by atoms with van der Waals surface area (Å²) in [7, 11) is 0. The fourth-order valence-corrected chi connectivity index (χ4v) is 1.43. The van der Waals surface area contributed by atoms with Gasteiger partial charge in [0, 0.05) is 29.4 Å². The Balaban J connectivity index is 2.47. The van der Waals surface area contributed by atoms with Crippen molar-refractivity contribution in [2.75, 3.05) is 13.2 Å². The van der Waals surface area contributed by atoms with Crippen molar-refractivity contribution in [1.82, 2.24) is 9.78 Å². The molecule has 5 heteroatoms. The third-order valence-corrected chi connectivity index (χ3v) is 2.29. The summed E-state index contributed by atoms with van der Waals surface area (Å²) in [5, 5.41) is 4.02. The number of aryl methyl sites for hydroxylation is 1. The van der Waals surface area contributed by atoms with E-state index in [2.05, 4.69) is 27.7 Å². The predicted molar refractivity (Wildman–Crippen MR) is 62.3 cm³/mol. The SMILES string of the molecule is CCOCCCn1ncc(I)cc1=O. The maximum absolute atomic E-state index is 11.4. The van der Waals surface area contributed by atoms with E-state index in [0.717, 1.165) is 16.6 Å². The molecule has 78 valence electrons. The molecule has 1 heterocycles. The molecule has 0 aliphatic rings. The molecule has 14 heavy (non-hydrogen) atoms. The van der Waals surface area contributed by atoms with Gasteiger partial charge in [0.15, 0.2) is 0 Å². The van der Waals surface area contributed by atoms with Gasteiger partial charge in [-0.15, -0.1) is 0 Å². The number of hydrogen-bond donors (Lipinski definition) is 0. The summed E-state index contributed by atoms with van der Waals surface area (Å²) in [6.45, 7) is 3.97. The third kappa shape index (κ3) is 3.75. The summed E-state index contributed by atoms with van der Waals surface area (Å²) in [6.07, 6.45) is 2.50. The van der Waals surface area contributed by atoms with Gasteiger partial charge in [0.25, 0.3) is 5.56 Å². The molecule has 0 amide bonds. The molecule has 4 nitrogen and oxygen atoms in total. The lowest BCUT2D eigenvalue weighted by Gasteiger charge is -2.03. The Labute approximate surface area is 96.4 Å². The molecule has 0 N–H and O–H groups in total. The van der Waals surface area contributed by atoms with Gasteiger partial charge in [-0.1, -0.05) is 0 Å². The Hall–Kier alpha value is -0.430. The van der Waals surface area contributed by atoms with E-state index in [4.69, 9.17) is 4.74 Å². The van der Waals surface area contributed by atoms with Crippen molar-refractivity contribution in [3.63, 3.8) is 0 Å². The van der Waals surface area contributed by atoms with Gasteiger partial charge in [0.2, 0.25) is 0 Å². The molecule has 0 atom stereocenters. The number of rotatable bonds is 5. The maximum Gasteiger partial charge on any atom is 0.267 e. The molecule has 1 aromatic rings. The highest BCUT2D eigenvalue weighted by Gasteiger charge is 1.97. The van der Waals surface area contributed by atoms with Crippen LogP contribution in [0.3, 0.4) is 0 Å². The van der Waals surface area contributed by atoms with Gasteiger partial charge in [0.05, 0.1) is 6.20 Å². The number of nitrogens with zero attached hydrogens (tertiary/aromatic N) is 2. The second-order valence-corrected chi connectivity index (χ2v) is 4.03. The average molecular weight is 308 g/mol. The van der Waals surface area contributed by atoms with E-state index in [1.165, 1.54) is 4.68 Å². The van der Waals surface area contributed by atoms with Gasteiger partial charge in [-0.3, -0.25) is 4.79 Å². The number of hydrogen-bond acceptors (Lipinski definition) is 3. The first-order valence-electron chi connectivity index (χ1n) is 4.54. The van der Waals surface area contributed by atoms with Crippen molar-refractivity contribution in [3.8, 4) is 0 Å². The molecule has 0 saturated carbocycles. The molecular weight excluding hydrogens is 295 g/mol. The Morgan fingerprint density at radius 1 is 1.64 bits per heavy atom. The van der Waals surface area contributed by atoms with Crippen LogP contribution in [0.4, 0.5) is 0 Å². The summed E-state index contributed by atoms with van der Waals surface area (Å²) >= 11 is 2.07. The van der Waals surface area contributed by atoms with Crippen molar-refractivity contribution < 1.29 is 4.74 Å². The van der Waals surface area contributed by atoms with E-state index >= 15 is 0 Å². The van der Waals surface area contributed by atoms with Crippen molar-refractivity contribution in [2.45, 2.75) is 19.9 Å². The Morgan fingerprint density at radius 3 is 3.07 bits per heavy atom. The first-order valence-corrected chi connectivity index (χ1v) is 5.62. The van der Waals surface area contributed by atoms with Crippen molar-refractivity contribution in [3.05, 3.63) is 26.2 Å². The first-order chi connectivity index (χ1) is 6.74.